The van der Waals surface area contributed by atoms with Gasteiger partial charge >= 0.3 is 29.8 Å². The number of aliphatic hydroxyl groups excluding tert-OH is 1. The number of hydrogen-bond acceptors (Lipinski definition) is 18. The van der Waals surface area contributed by atoms with Crippen LogP contribution in [0, 0.1) is 16.7 Å². The lowest BCUT2D eigenvalue weighted by atomic mass is 9.44. The number of nitrogens with zero attached hydrogens (tertiary/aromatic N) is 1. The summed E-state index contributed by atoms with van der Waals surface area (Å²) in [5.41, 5.74) is -7.73. The van der Waals surface area contributed by atoms with Crippen LogP contribution in [0.25, 0.3) is 0 Å². The summed E-state index contributed by atoms with van der Waals surface area (Å²) in [5, 5.41) is 50.7. The molecular weight excluding hydrogens is 1000 g/mol. The maximum atomic E-state index is 15.8. The second kappa shape index (κ2) is 21.6. The molecule has 20 heteroatoms. The van der Waals surface area contributed by atoms with Crippen molar-refractivity contribution in [2.24, 2.45) is 16.7 Å². The molecule has 19 nitrogen and oxygen atoms in total. The molecule has 3 aromatic carbocycles. The number of thioether (sulfide) groups is 1. The molecule has 76 heavy (non-hydrogen) atoms. The summed E-state index contributed by atoms with van der Waals surface area (Å²) in [6, 6.07) is 23.7. The van der Waals surface area contributed by atoms with E-state index in [1.165, 1.54) is 69.8 Å². The lowest BCUT2D eigenvalue weighted by molar-refractivity contribution is -0.346. The SMILES string of the molecule is CCSc1cc(O)n(CCC(=O)O[C@@H](C(=O)O[C@H]2C[C@@]3(O)[C@@H](OC(=O)c4ccccc4)C4[C@](C)(C(=O)[C@H](OC(C)=O)C(=C2C)C3(C)C)[C@@H](O)C[C@H]2OC[C@@]42OC(C)=O)[C@@H](NC(=O)c2ccccc2)c2ccccc2)c1O. The fraction of sp³-hybridized carbons (Fsp3) is 0.446. The first-order valence-electron chi connectivity index (χ1n) is 25.0. The smallest absolute Gasteiger partial charge is 0.350 e. The Hall–Kier alpha value is -7.00. The fourth-order valence-corrected chi connectivity index (χ4v) is 12.4. The third kappa shape index (κ3) is 9.87. The first-order valence-corrected chi connectivity index (χ1v) is 25.9. The molecule has 11 atom stereocenters. The van der Waals surface area contributed by atoms with Gasteiger partial charge in [0.1, 0.15) is 30.0 Å². The van der Waals surface area contributed by atoms with E-state index < -0.39 is 125 Å². The Bertz CT molecular complexity index is 2930. The van der Waals surface area contributed by atoms with E-state index in [9.17, 15) is 44.4 Å². The van der Waals surface area contributed by atoms with Gasteiger partial charge in [-0.2, -0.15) is 0 Å². The van der Waals surface area contributed by atoms with Gasteiger partial charge in [0, 0.05) is 50.3 Å². The summed E-state index contributed by atoms with van der Waals surface area (Å²) < 4.78 is 38.0. The maximum Gasteiger partial charge on any atom is 0.350 e. The lowest BCUT2D eigenvalue weighted by Crippen LogP contribution is -2.82. The van der Waals surface area contributed by atoms with E-state index >= 15 is 9.59 Å². The summed E-state index contributed by atoms with van der Waals surface area (Å²) in [4.78, 5) is 101. The third-order valence-corrected chi connectivity index (χ3v) is 16.5. The summed E-state index contributed by atoms with van der Waals surface area (Å²) in [7, 11) is 0. The Morgan fingerprint density at radius 1 is 0.868 bits per heavy atom. The zero-order valence-corrected chi connectivity index (χ0v) is 43.9. The molecule has 1 saturated heterocycles. The number of aliphatic hydroxyl groups is 2. The highest BCUT2D eigenvalue weighted by Crippen LogP contribution is 2.64. The first-order chi connectivity index (χ1) is 36.0. The summed E-state index contributed by atoms with van der Waals surface area (Å²) in [5.74, 6) is -8.34. The molecular formula is C56H62N2O17S. The van der Waals surface area contributed by atoms with Gasteiger partial charge in [-0.3, -0.25) is 28.5 Å². The van der Waals surface area contributed by atoms with Crippen LogP contribution in [-0.2, 0) is 58.9 Å². The van der Waals surface area contributed by atoms with Crippen LogP contribution < -0.4 is 5.32 Å². The van der Waals surface area contributed by atoms with E-state index in [2.05, 4.69) is 5.32 Å². The number of carbonyl (C=O) groups is 7. The lowest BCUT2D eigenvalue weighted by Gasteiger charge is -2.67. The van der Waals surface area contributed by atoms with Gasteiger partial charge in [0.15, 0.2) is 23.4 Å². The van der Waals surface area contributed by atoms with Crippen molar-refractivity contribution in [3.63, 3.8) is 0 Å². The van der Waals surface area contributed by atoms with E-state index in [4.69, 9.17) is 28.4 Å². The van der Waals surface area contributed by atoms with Crippen LogP contribution in [0.2, 0.25) is 0 Å². The van der Waals surface area contributed by atoms with Crippen molar-refractivity contribution in [3.05, 3.63) is 125 Å². The van der Waals surface area contributed by atoms with Crippen molar-refractivity contribution in [1.29, 1.82) is 0 Å². The minimum atomic E-state index is -2.51. The van der Waals surface area contributed by atoms with Crippen molar-refractivity contribution in [2.75, 3.05) is 12.4 Å². The van der Waals surface area contributed by atoms with Gasteiger partial charge < -0.3 is 54.2 Å². The van der Waals surface area contributed by atoms with Gasteiger partial charge in [-0.1, -0.05) is 87.5 Å². The summed E-state index contributed by atoms with van der Waals surface area (Å²) >= 11 is 1.26. The number of benzene rings is 3. The number of nitrogens with one attached hydrogen (secondary N) is 1. The highest BCUT2D eigenvalue weighted by Gasteiger charge is 2.78. The Balaban J connectivity index is 1.28. The number of ketones is 1. The molecule has 2 heterocycles. The number of hydrogen-bond donors (Lipinski definition) is 5. The molecule has 1 aromatic heterocycles. The normalized spacial score (nSPS) is 28.1. The minimum Gasteiger partial charge on any atom is -0.494 e. The Morgan fingerprint density at radius 3 is 2.07 bits per heavy atom. The van der Waals surface area contributed by atoms with Crippen LogP contribution in [0.3, 0.4) is 0 Å². The predicted molar refractivity (Wildman–Crippen MR) is 270 cm³/mol. The van der Waals surface area contributed by atoms with Gasteiger partial charge in [0.2, 0.25) is 12.0 Å². The van der Waals surface area contributed by atoms with Gasteiger partial charge in [0.05, 0.1) is 40.9 Å². The highest BCUT2D eigenvalue weighted by atomic mass is 32.2. The highest BCUT2D eigenvalue weighted by molar-refractivity contribution is 7.99. The van der Waals surface area contributed by atoms with Crippen molar-refractivity contribution in [2.45, 2.75) is 133 Å². The molecule has 5 N–H and O–H groups in total. The number of Topliss-reactive ketones (excluding diaryl/α,β-unsaturated/α-hetero) is 1. The number of aromatic hydroxyl groups is 2. The molecule has 2 saturated carbocycles. The van der Waals surface area contributed by atoms with E-state index in [0.29, 0.717) is 10.6 Å². The van der Waals surface area contributed by atoms with Gasteiger partial charge in [-0.25, -0.2) is 9.59 Å². The zero-order chi connectivity index (χ0) is 55.1. The largest absolute Gasteiger partial charge is 0.494 e. The molecule has 404 valence electrons. The number of esters is 5. The average Bonchev–Trinajstić information content (AvgIpc) is 3.81. The molecule has 3 aliphatic carbocycles. The minimum absolute atomic E-state index is 0.0264. The van der Waals surface area contributed by atoms with Crippen LogP contribution in [0.5, 0.6) is 11.8 Å². The summed E-state index contributed by atoms with van der Waals surface area (Å²) in [6.07, 6.45) is -11.6. The monoisotopic (exact) mass is 1070 g/mol. The molecule has 3 fully saturated rings. The van der Waals surface area contributed by atoms with Crippen molar-refractivity contribution in [3.8, 4) is 11.8 Å². The van der Waals surface area contributed by atoms with Gasteiger partial charge in [-0.15, -0.1) is 11.8 Å². The molecule has 1 amide bonds. The van der Waals surface area contributed by atoms with Crippen LogP contribution in [0.15, 0.2) is 113 Å². The summed E-state index contributed by atoms with van der Waals surface area (Å²) in [6.45, 7) is 9.31. The predicted octanol–water partition coefficient (Wildman–Crippen LogP) is 5.70. The van der Waals surface area contributed by atoms with Crippen LogP contribution in [0.1, 0.15) is 100 Å². The third-order valence-electron chi connectivity index (χ3n) is 15.6. The van der Waals surface area contributed by atoms with E-state index in [1.807, 2.05) is 6.92 Å². The molecule has 1 aliphatic heterocycles. The number of aromatic nitrogens is 1. The Kier molecular flexibility index (Phi) is 15.7. The molecule has 4 aliphatic rings. The molecule has 4 aromatic rings. The van der Waals surface area contributed by atoms with E-state index in [1.54, 1.807) is 66.7 Å². The van der Waals surface area contributed by atoms with Crippen LogP contribution >= 0.6 is 11.8 Å². The molecule has 0 radical (unpaired) electrons. The maximum absolute atomic E-state index is 15.8. The second-order valence-electron chi connectivity index (χ2n) is 20.3. The van der Waals surface area contributed by atoms with E-state index in [0.717, 1.165) is 18.4 Å². The van der Waals surface area contributed by atoms with Crippen molar-refractivity contribution < 1.29 is 82.4 Å². The van der Waals surface area contributed by atoms with Crippen molar-refractivity contribution in [1.82, 2.24) is 9.88 Å². The quantitative estimate of drug-likeness (QED) is 0.0389. The Morgan fingerprint density at radius 2 is 1.49 bits per heavy atom. The molecule has 8 rings (SSSR count). The number of fused-ring (bicyclic) bond motifs is 5. The number of amides is 1. The Labute approximate surface area is 442 Å². The second-order valence-corrected chi connectivity index (χ2v) is 21.7. The average molecular weight is 1070 g/mol. The topological polar surface area (TPSA) is 273 Å². The van der Waals surface area contributed by atoms with Crippen molar-refractivity contribution >= 4 is 53.3 Å². The first kappa shape index (κ1) is 55.2. The molecule has 1 unspecified atom stereocenters. The molecule has 0 spiro atoms. The van der Waals surface area contributed by atoms with Gasteiger partial charge in [0.25, 0.3) is 5.91 Å². The number of ether oxygens (including phenoxy) is 6. The van der Waals surface area contributed by atoms with Crippen LogP contribution in [0.4, 0.5) is 0 Å². The fourth-order valence-electron chi connectivity index (χ4n) is 11.7. The number of rotatable bonds is 16. The van der Waals surface area contributed by atoms with Crippen LogP contribution in [-0.4, -0.2) is 127 Å². The standard InChI is InChI=1S/C56H62N2O17S/c1-8-76-37-26-40(62)58(50(37)66)25-24-41(63)73-45(43(33-18-12-9-13-19-33)57-49(65)34-20-14-10-15-21-34)52(68)72-36-28-56(69)48(74-51(67)35-22-16-11-17-23-35)46-54(7,38(61)27-39-55(46,29-70-39)75-32(4)60)47(64)44(71-31(3)59)42(30(36)2)53(56,5)6/h9-23,26,36,38-39,43-46,48,61-62,66,69H,8,24-25,27-29H2,1-7H3,(H,57,65)/t36-,38-,39+,43-,44+,45+,46?,48-,54+,55-,56+/m0/s1. The van der Waals surface area contributed by atoms with Gasteiger partial charge in [-0.05, 0) is 60.6 Å². The zero-order valence-electron chi connectivity index (χ0n) is 43.1. The number of carbonyl (C=O) groups excluding carboxylic acids is 7. The molecule has 2 bridgehead atoms. The van der Waals surface area contributed by atoms with E-state index in [-0.39, 0.29) is 59.2 Å².